The quantitative estimate of drug-likeness (QED) is 0.153. The number of aliphatic carboxylic acids is 1. The van der Waals surface area contributed by atoms with Crippen LogP contribution in [0.1, 0.15) is 0 Å². The molecule has 0 saturated heterocycles. The van der Waals surface area contributed by atoms with Crippen LogP contribution < -0.4 is 28.2 Å². The molecule has 122 valence electrons. The maximum Gasteiger partial charge on any atom is 2.00 e. The Kier molecular flexibility index (Phi) is 30.7. The van der Waals surface area contributed by atoms with Gasteiger partial charge in [0.2, 0.25) is 0 Å². The number of hydrogen-bond acceptors (Lipinski definition) is 11. The standard InChI is InChI=1S/C4H9NO8P2.3H3N.Ni/c6-4(7)1-5(2-12-14(8)9)3-13-15(10)11;;;;/h8,10H,1-3H2,(H,6,7);3*1H3;/q-2;;;;+2. The summed E-state index contributed by atoms with van der Waals surface area (Å²) in [4.78, 5) is 48.0. The van der Waals surface area contributed by atoms with Gasteiger partial charge in [-0.2, -0.15) is 0 Å². The van der Waals surface area contributed by atoms with Crippen molar-refractivity contribution in [2.75, 3.05) is 20.0 Å². The molecule has 19 heavy (non-hydrogen) atoms. The summed E-state index contributed by atoms with van der Waals surface area (Å²) in [6.07, 6.45) is 0. The fraction of sp³-hybridized carbons (Fsp3) is 0.750. The minimum absolute atomic E-state index is 0. The first kappa shape index (κ1) is 31.7. The smallest absolute Gasteiger partial charge is 0.786 e. The summed E-state index contributed by atoms with van der Waals surface area (Å²) >= 11 is 0. The zero-order chi connectivity index (χ0) is 11.8. The molecule has 2 unspecified atom stereocenters. The summed E-state index contributed by atoms with van der Waals surface area (Å²) in [5.41, 5.74) is 0. The van der Waals surface area contributed by atoms with Crippen LogP contribution in [0.5, 0.6) is 0 Å². The first-order valence-electron chi connectivity index (χ1n) is 3.44. The van der Waals surface area contributed by atoms with E-state index < -0.39 is 43.2 Å². The Bertz CT molecular complexity index is 192. The van der Waals surface area contributed by atoms with Gasteiger partial charge in [-0.05, 0) is 0 Å². The van der Waals surface area contributed by atoms with Crippen molar-refractivity contribution in [1.82, 2.24) is 23.4 Å². The molecule has 15 heteroatoms. The Morgan fingerprint density at radius 3 is 1.58 bits per heavy atom. The largest absolute Gasteiger partial charge is 2.00 e. The van der Waals surface area contributed by atoms with Gasteiger partial charge in [0.25, 0.3) is 0 Å². The molecule has 0 aromatic rings. The molecule has 2 atom stereocenters. The first-order chi connectivity index (χ1) is 6.91. The summed E-state index contributed by atoms with van der Waals surface area (Å²) in [5, 5.41) is 8.39. The Hall–Kier alpha value is 0.424. The van der Waals surface area contributed by atoms with E-state index in [9.17, 15) is 14.6 Å². The van der Waals surface area contributed by atoms with E-state index in [0.717, 1.165) is 4.90 Å². The van der Waals surface area contributed by atoms with Gasteiger partial charge >= 0.3 is 22.5 Å². The molecular formula is C4H18N4NiO8P2. The predicted molar refractivity (Wildman–Crippen MR) is 59.6 cm³/mol. The molecule has 0 aromatic carbocycles. The van der Waals surface area contributed by atoms with E-state index in [1.807, 2.05) is 0 Å². The number of nitrogens with zero attached hydrogens (tertiary/aromatic N) is 1. The second kappa shape index (κ2) is 18.4. The monoisotopic (exact) mass is 370 g/mol. The molecule has 0 radical (unpaired) electrons. The molecule has 0 rings (SSSR count). The molecule has 0 aliphatic carbocycles. The summed E-state index contributed by atoms with van der Waals surface area (Å²) in [6.45, 7) is -1.55. The van der Waals surface area contributed by atoms with Gasteiger partial charge in [0.1, 0.15) is 20.0 Å². The fourth-order valence-corrected chi connectivity index (χ4v) is 1.11. The molecule has 0 aliphatic heterocycles. The zero-order valence-electron chi connectivity index (χ0n) is 9.78. The normalized spacial score (nSPS) is 12.1. The summed E-state index contributed by atoms with van der Waals surface area (Å²) in [7, 11) is -5.72. The average Bonchev–Trinajstić information content (AvgIpc) is 2.08. The van der Waals surface area contributed by atoms with Crippen LogP contribution in [0.3, 0.4) is 0 Å². The number of carbonyl (C=O) groups is 1. The van der Waals surface area contributed by atoms with Crippen molar-refractivity contribution >= 4 is 23.2 Å². The van der Waals surface area contributed by atoms with Gasteiger partial charge in [0.15, 0.2) is 0 Å². The maximum absolute atomic E-state index is 10.3. The minimum atomic E-state index is -2.86. The number of rotatable bonds is 8. The molecule has 0 heterocycles. The van der Waals surface area contributed by atoms with Crippen molar-refractivity contribution in [2.45, 2.75) is 0 Å². The molecule has 0 aromatic heterocycles. The molecule has 0 fully saturated rings. The maximum atomic E-state index is 10.3. The Labute approximate surface area is 122 Å². The molecule has 0 saturated carbocycles. The van der Waals surface area contributed by atoms with Crippen LogP contribution in [0.2, 0.25) is 0 Å². The second-order valence-corrected chi connectivity index (χ2v) is 3.68. The third-order valence-electron chi connectivity index (χ3n) is 1.06. The van der Waals surface area contributed by atoms with E-state index in [1.54, 1.807) is 0 Å². The summed E-state index contributed by atoms with van der Waals surface area (Å²) < 4.78 is 8.42. The van der Waals surface area contributed by atoms with Crippen LogP contribution in [0, 0.1) is 0 Å². The average molecular weight is 371 g/mol. The Balaban J connectivity index is -0.000000163. The summed E-state index contributed by atoms with van der Waals surface area (Å²) in [6, 6.07) is 0. The van der Waals surface area contributed by atoms with Gasteiger partial charge in [-0.15, -0.1) is 0 Å². The first-order valence-corrected chi connectivity index (χ1v) is 5.70. The molecule has 0 spiro atoms. The molecule has 0 amide bonds. The molecule has 12 N–H and O–H groups in total. The van der Waals surface area contributed by atoms with Gasteiger partial charge in [0, 0.05) is 0 Å². The van der Waals surface area contributed by atoms with Crippen LogP contribution >= 0.6 is 17.2 Å². The van der Waals surface area contributed by atoms with E-state index >= 15 is 0 Å². The van der Waals surface area contributed by atoms with Crippen LogP contribution in [-0.4, -0.2) is 45.8 Å². The SMILES string of the molecule is N.N.N.O=C(O)CN(COP([O-])O)COP([O-])O.[Ni+2]. The second-order valence-electron chi connectivity index (χ2n) is 2.21. The van der Waals surface area contributed by atoms with Crippen LogP contribution in [0.15, 0.2) is 0 Å². The molecular weight excluding hydrogens is 353 g/mol. The van der Waals surface area contributed by atoms with Gasteiger partial charge in [-0.25, -0.2) is 4.90 Å². The van der Waals surface area contributed by atoms with Crippen molar-refractivity contribution in [3.05, 3.63) is 0 Å². The number of carboxylic acids is 1. The van der Waals surface area contributed by atoms with Crippen molar-refractivity contribution in [3.63, 3.8) is 0 Å². The topological polar surface area (TPSA) is 251 Å². The molecule has 0 bridgehead atoms. The third kappa shape index (κ3) is 23.9. The molecule has 0 aliphatic rings. The minimum Gasteiger partial charge on any atom is -0.786 e. The van der Waals surface area contributed by atoms with E-state index in [4.69, 9.17) is 14.9 Å². The van der Waals surface area contributed by atoms with E-state index in [0.29, 0.717) is 0 Å². The van der Waals surface area contributed by atoms with Crippen LogP contribution in [-0.2, 0) is 30.3 Å². The zero-order valence-corrected chi connectivity index (χ0v) is 12.6. The van der Waals surface area contributed by atoms with E-state index in [2.05, 4.69) is 9.05 Å². The summed E-state index contributed by atoms with van der Waals surface area (Å²) in [5.74, 6) is -1.23. The van der Waals surface area contributed by atoms with E-state index in [1.165, 1.54) is 0 Å². The van der Waals surface area contributed by atoms with Gasteiger partial charge in [0.05, 0.1) is 17.2 Å². The van der Waals surface area contributed by atoms with Crippen molar-refractivity contribution in [3.8, 4) is 0 Å². The Morgan fingerprint density at radius 2 is 1.37 bits per heavy atom. The Morgan fingerprint density at radius 1 is 1.05 bits per heavy atom. The van der Waals surface area contributed by atoms with Crippen LogP contribution in [0.4, 0.5) is 0 Å². The van der Waals surface area contributed by atoms with Gasteiger partial charge < -0.3 is 52.2 Å². The van der Waals surface area contributed by atoms with Crippen molar-refractivity contribution < 1.29 is 55.0 Å². The van der Waals surface area contributed by atoms with E-state index in [-0.39, 0.29) is 34.9 Å². The number of carboxylic acid groups (broad SMARTS) is 1. The van der Waals surface area contributed by atoms with Gasteiger partial charge in [-0.3, -0.25) is 4.79 Å². The number of hydrogen-bond donors (Lipinski definition) is 6. The fourth-order valence-electron chi connectivity index (χ4n) is 0.582. The third-order valence-corrected chi connectivity index (χ3v) is 1.73. The predicted octanol–water partition coefficient (Wildman–Crippen LogP) is -2.04. The van der Waals surface area contributed by atoms with Gasteiger partial charge in [-0.1, -0.05) is 0 Å². The van der Waals surface area contributed by atoms with Crippen molar-refractivity contribution in [1.29, 1.82) is 0 Å². The molecule has 12 nitrogen and oxygen atoms in total. The van der Waals surface area contributed by atoms with Crippen molar-refractivity contribution in [2.24, 2.45) is 0 Å². The van der Waals surface area contributed by atoms with Crippen LogP contribution in [0.25, 0.3) is 0 Å².